The van der Waals surface area contributed by atoms with Gasteiger partial charge in [0.2, 0.25) is 0 Å². The van der Waals surface area contributed by atoms with E-state index in [2.05, 4.69) is 10.1 Å². The molecule has 6 nitrogen and oxygen atoms in total. The third-order valence-corrected chi connectivity index (χ3v) is 2.60. The van der Waals surface area contributed by atoms with Gasteiger partial charge in [-0.1, -0.05) is 12.1 Å². The number of hydrogen-bond acceptors (Lipinski definition) is 4. The number of methoxy groups -OCH3 is 1. The largest absolute Gasteiger partial charge is 0.482 e. The first-order valence-corrected chi connectivity index (χ1v) is 5.56. The molecule has 0 bridgehead atoms. The fourth-order valence-corrected chi connectivity index (χ4v) is 1.74. The van der Waals surface area contributed by atoms with Crippen LogP contribution in [0, 0.1) is 0 Å². The molecule has 0 aromatic heterocycles. The predicted octanol–water partition coefficient (Wildman–Crippen LogP) is 0.768. The number of fused-ring (bicyclic) bond motifs is 1. The van der Waals surface area contributed by atoms with Gasteiger partial charge in [0.15, 0.2) is 6.61 Å². The lowest BCUT2D eigenvalue weighted by molar-refractivity contribution is -0.121. The summed E-state index contributed by atoms with van der Waals surface area (Å²) in [5.41, 5.74) is 0.723. The third kappa shape index (κ3) is 2.53. The van der Waals surface area contributed by atoms with Crippen LogP contribution in [0.15, 0.2) is 24.3 Å². The summed E-state index contributed by atoms with van der Waals surface area (Å²) in [6.07, 6.45) is -0.510. The molecule has 1 aromatic carbocycles. The molecule has 1 heterocycles. The number of nitrogens with one attached hydrogen (secondary N) is 1. The fraction of sp³-hybridized carbons (Fsp3) is 0.333. The Labute approximate surface area is 104 Å². The van der Waals surface area contributed by atoms with Crippen molar-refractivity contribution in [2.75, 3.05) is 31.7 Å². The molecule has 1 N–H and O–H groups in total. The molecule has 0 fully saturated rings. The standard InChI is InChI=1S/C12H14N2O4/c1-17-12(16)13-6-7-14-9-4-2-3-5-10(9)18-8-11(14)15/h2-5H,6-8H2,1H3,(H,13,16). The van der Waals surface area contributed by atoms with Crippen molar-refractivity contribution in [2.45, 2.75) is 0 Å². The second kappa shape index (κ2) is 5.39. The van der Waals surface area contributed by atoms with Crippen LogP contribution in [0.25, 0.3) is 0 Å². The van der Waals surface area contributed by atoms with E-state index in [9.17, 15) is 9.59 Å². The number of benzene rings is 1. The molecule has 2 amide bonds. The van der Waals surface area contributed by atoms with Crippen molar-refractivity contribution in [2.24, 2.45) is 0 Å². The Morgan fingerprint density at radius 3 is 3.06 bits per heavy atom. The summed E-state index contributed by atoms with van der Waals surface area (Å²) >= 11 is 0. The third-order valence-electron chi connectivity index (χ3n) is 2.60. The lowest BCUT2D eigenvalue weighted by atomic mass is 10.2. The van der Waals surface area contributed by atoms with E-state index in [0.29, 0.717) is 18.8 Å². The molecule has 0 spiro atoms. The number of anilines is 1. The van der Waals surface area contributed by atoms with E-state index in [-0.39, 0.29) is 12.5 Å². The van der Waals surface area contributed by atoms with Crippen molar-refractivity contribution in [3.63, 3.8) is 0 Å². The summed E-state index contributed by atoms with van der Waals surface area (Å²) in [4.78, 5) is 24.3. The van der Waals surface area contributed by atoms with Gasteiger partial charge in [0.05, 0.1) is 12.8 Å². The van der Waals surface area contributed by atoms with Crippen molar-refractivity contribution >= 4 is 17.7 Å². The maximum atomic E-state index is 11.8. The van der Waals surface area contributed by atoms with Gasteiger partial charge >= 0.3 is 6.09 Å². The molecule has 0 radical (unpaired) electrons. The van der Waals surface area contributed by atoms with Gasteiger partial charge in [-0.3, -0.25) is 4.79 Å². The van der Waals surface area contributed by atoms with Gasteiger partial charge in [-0.2, -0.15) is 0 Å². The van der Waals surface area contributed by atoms with Crippen molar-refractivity contribution < 1.29 is 19.1 Å². The highest BCUT2D eigenvalue weighted by atomic mass is 16.5. The molecule has 18 heavy (non-hydrogen) atoms. The van der Waals surface area contributed by atoms with E-state index in [1.165, 1.54) is 7.11 Å². The molecule has 0 saturated heterocycles. The Kier molecular flexibility index (Phi) is 3.66. The Hall–Kier alpha value is -2.24. The highest BCUT2D eigenvalue weighted by molar-refractivity contribution is 5.97. The van der Waals surface area contributed by atoms with Crippen molar-refractivity contribution in [1.82, 2.24) is 5.32 Å². The molecule has 1 aliphatic rings. The van der Waals surface area contributed by atoms with E-state index in [0.717, 1.165) is 5.69 Å². The van der Waals surface area contributed by atoms with Gasteiger partial charge in [-0.05, 0) is 12.1 Å². The smallest absolute Gasteiger partial charge is 0.406 e. The second-order valence-electron chi connectivity index (χ2n) is 3.72. The molecular weight excluding hydrogens is 236 g/mol. The molecule has 0 atom stereocenters. The molecule has 0 unspecified atom stereocenters. The summed E-state index contributed by atoms with van der Waals surface area (Å²) in [5, 5.41) is 2.54. The summed E-state index contributed by atoms with van der Waals surface area (Å²) in [6, 6.07) is 7.30. The van der Waals surface area contributed by atoms with Crippen LogP contribution in [-0.2, 0) is 9.53 Å². The minimum absolute atomic E-state index is 0.0231. The summed E-state index contributed by atoms with van der Waals surface area (Å²) in [6.45, 7) is 0.732. The number of carbonyl (C=O) groups excluding carboxylic acids is 2. The highest BCUT2D eigenvalue weighted by Crippen LogP contribution is 2.30. The van der Waals surface area contributed by atoms with Crippen LogP contribution < -0.4 is 15.0 Å². The quantitative estimate of drug-likeness (QED) is 0.860. The molecule has 96 valence electrons. The first-order chi connectivity index (χ1) is 8.72. The zero-order valence-electron chi connectivity index (χ0n) is 10.0. The summed E-state index contributed by atoms with van der Waals surface area (Å²) < 4.78 is 9.77. The van der Waals surface area contributed by atoms with Gasteiger partial charge < -0.3 is 19.7 Å². The van der Waals surface area contributed by atoms with Crippen LogP contribution in [0.3, 0.4) is 0 Å². The van der Waals surface area contributed by atoms with Gasteiger partial charge in [-0.25, -0.2) is 4.79 Å². The number of para-hydroxylation sites is 2. The Morgan fingerprint density at radius 1 is 1.50 bits per heavy atom. The zero-order valence-corrected chi connectivity index (χ0v) is 10.0. The summed E-state index contributed by atoms with van der Waals surface area (Å²) in [7, 11) is 1.30. The number of ether oxygens (including phenoxy) is 2. The Morgan fingerprint density at radius 2 is 2.28 bits per heavy atom. The number of carbonyl (C=O) groups is 2. The van der Waals surface area contributed by atoms with E-state index in [1.54, 1.807) is 4.90 Å². The molecular formula is C12H14N2O4. The molecule has 1 aromatic rings. The van der Waals surface area contributed by atoms with Gasteiger partial charge in [0.25, 0.3) is 5.91 Å². The molecule has 0 aliphatic carbocycles. The van der Waals surface area contributed by atoms with Crippen LogP contribution in [0.2, 0.25) is 0 Å². The minimum Gasteiger partial charge on any atom is -0.482 e. The van der Waals surface area contributed by atoms with E-state index < -0.39 is 6.09 Å². The Balaban J connectivity index is 2.03. The van der Waals surface area contributed by atoms with E-state index in [1.807, 2.05) is 24.3 Å². The lowest BCUT2D eigenvalue weighted by Crippen LogP contribution is -2.43. The average Bonchev–Trinajstić information content (AvgIpc) is 2.41. The monoisotopic (exact) mass is 250 g/mol. The first kappa shape index (κ1) is 12.2. The van der Waals surface area contributed by atoms with Gasteiger partial charge in [0, 0.05) is 13.1 Å². The van der Waals surface area contributed by atoms with E-state index in [4.69, 9.17) is 4.74 Å². The first-order valence-electron chi connectivity index (χ1n) is 5.56. The topological polar surface area (TPSA) is 67.9 Å². The van der Waals surface area contributed by atoms with Crippen molar-refractivity contribution in [1.29, 1.82) is 0 Å². The van der Waals surface area contributed by atoms with E-state index >= 15 is 0 Å². The summed E-state index contributed by atoms with van der Waals surface area (Å²) in [5.74, 6) is 0.551. The normalized spacial score (nSPS) is 13.6. The average molecular weight is 250 g/mol. The SMILES string of the molecule is COC(=O)NCCN1C(=O)COc2ccccc21. The molecule has 0 saturated carbocycles. The van der Waals surface area contributed by atoms with Crippen LogP contribution in [0.1, 0.15) is 0 Å². The molecule has 1 aliphatic heterocycles. The second-order valence-corrected chi connectivity index (χ2v) is 3.72. The molecule has 2 rings (SSSR count). The van der Waals surface area contributed by atoms with Crippen molar-refractivity contribution in [3.8, 4) is 5.75 Å². The minimum atomic E-state index is -0.510. The lowest BCUT2D eigenvalue weighted by Gasteiger charge is -2.29. The number of amides is 2. The van der Waals surface area contributed by atoms with Crippen LogP contribution in [-0.4, -0.2) is 38.8 Å². The zero-order chi connectivity index (χ0) is 13.0. The van der Waals surface area contributed by atoms with Gasteiger partial charge in [0.1, 0.15) is 5.75 Å². The maximum absolute atomic E-state index is 11.8. The fourth-order valence-electron chi connectivity index (χ4n) is 1.74. The van der Waals surface area contributed by atoms with Crippen LogP contribution in [0.5, 0.6) is 5.75 Å². The van der Waals surface area contributed by atoms with Crippen molar-refractivity contribution in [3.05, 3.63) is 24.3 Å². The van der Waals surface area contributed by atoms with Crippen LogP contribution in [0.4, 0.5) is 10.5 Å². The Bertz CT molecular complexity index is 461. The molecule has 6 heteroatoms. The van der Waals surface area contributed by atoms with Gasteiger partial charge in [-0.15, -0.1) is 0 Å². The number of rotatable bonds is 3. The number of nitrogens with zero attached hydrogens (tertiary/aromatic N) is 1. The predicted molar refractivity (Wildman–Crippen MR) is 64.7 cm³/mol. The maximum Gasteiger partial charge on any atom is 0.406 e. The number of alkyl carbamates (subject to hydrolysis) is 1. The van der Waals surface area contributed by atoms with Crippen LogP contribution >= 0.6 is 0 Å². The number of hydrogen-bond donors (Lipinski definition) is 1. The highest BCUT2D eigenvalue weighted by Gasteiger charge is 2.24.